The Bertz CT molecular complexity index is 708. The highest BCUT2D eigenvalue weighted by Crippen LogP contribution is 2.24. The third kappa shape index (κ3) is 4.19. The van der Waals surface area contributed by atoms with E-state index in [0.29, 0.717) is 16.3 Å². The van der Waals surface area contributed by atoms with Crippen LogP contribution in [0, 0.1) is 13.8 Å². The maximum atomic E-state index is 12.2. The number of aryl methyl sites for hydroxylation is 2. The van der Waals surface area contributed by atoms with E-state index in [1.807, 2.05) is 20.8 Å². The van der Waals surface area contributed by atoms with Crippen LogP contribution in [0.3, 0.4) is 0 Å². The number of anilines is 1. The Kier molecular flexibility index (Phi) is 5.54. The molecular formula is C16H21N3O3S. The first kappa shape index (κ1) is 17.2. The molecule has 2 amide bonds. The number of carbonyl (C=O) groups excluding carboxylic acids is 1. The van der Waals surface area contributed by atoms with Gasteiger partial charge in [0, 0.05) is 33.2 Å². The molecule has 1 aromatic heterocycles. The lowest BCUT2D eigenvalue weighted by Gasteiger charge is -2.17. The Morgan fingerprint density at radius 1 is 1.39 bits per heavy atom. The van der Waals surface area contributed by atoms with Crippen LogP contribution in [0.4, 0.5) is 10.5 Å². The fourth-order valence-electron chi connectivity index (χ4n) is 2.44. The molecule has 0 spiro atoms. The summed E-state index contributed by atoms with van der Waals surface area (Å²) in [5.41, 5.74) is 2.29. The zero-order valence-corrected chi connectivity index (χ0v) is 14.5. The van der Waals surface area contributed by atoms with Gasteiger partial charge in [0.25, 0.3) is 0 Å². The molecule has 0 saturated carbocycles. The predicted octanol–water partition coefficient (Wildman–Crippen LogP) is 3.30. The number of hydrogen-bond acceptors (Lipinski definition) is 4. The minimum atomic E-state index is -1.09. The molecule has 0 radical (unpaired) electrons. The largest absolute Gasteiger partial charge is 0.361 e. The predicted molar refractivity (Wildman–Crippen MR) is 89.9 cm³/mol. The standard InChI is InChI=1S/C16H21N3O3S/c1-5-14(15-10(2)19-22-11(15)3)18-16(20)17-12-7-6-8-13(9-12)23(4)21/h6-9,14H,5H2,1-4H3,(H2,17,18,20). The van der Waals surface area contributed by atoms with Crippen LogP contribution in [0.1, 0.15) is 36.4 Å². The van der Waals surface area contributed by atoms with E-state index in [1.54, 1.807) is 30.5 Å². The Morgan fingerprint density at radius 2 is 2.13 bits per heavy atom. The lowest BCUT2D eigenvalue weighted by Crippen LogP contribution is -2.32. The summed E-state index contributed by atoms with van der Waals surface area (Å²) in [5, 5.41) is 9.62. The van der Waals surface area contributed by atoms with Crippen LogP contribution < -0.4 is 10.6 Å². The molecule has 2 unspecified atom stereocenters. The molecule has 0 bridgehead atoms. The Labute approximate surface area is 138 Å². The van der Waals surface area contributed by atoms with Crippen LogP contribution in [0.15, 0.2) is 33.7 Å². The number of aromatic nitrogens is 1. The van der Waals surface area contributed by atoms with Crippen LogP contribution in [0.5, 0.6) is 0 Å². The van der Waals surface area contributed by atoms with Crippen LogP contribution in [0.25, 0.3) is 0 Å². The molecule has 23 heavy (non-hydrogen) atoms. The van der Waals surface area contributed by atoms with Gasteiger partial charge in [0.1, 0.15) is 5.76 Å². The monoisotopic (exact) mass is 335 g/mol. The van der Waals surface area contributed by atoms with Crippen molar-refractivity contribution in [2.75, 3.05) is 11.6 Å². The van der Waals surface area contributed by atoms with Gasteiger partial charge < -0.3 is 15.2 Å². The minimum absolute atomic E-state index is 0.176. The Balaban J connectivity index is 2.09. The quantitative estimate of drug-likeness (QED) is 0.878. The average molecular weight is 335 g/mol. The van der Waals surface area contributed by atoms with Crippen LogP contribution in [0.2, 0.25) is 0 Å². The molecule has 0 aliphatic rings. The molecule has 2 rings (SSSR count). The second-order valence-electron chi connectivity index (χ2n) is 5.28. The zero-order chi connectivity index (χ0) is 17.0. The highest BCUT2D eigenvalue weighted by atomic mass is 32.2. The van der Waals surface area contributed by atoms with Gasteiger partial charge in [0.2, 0.25) is 0 Å². The zero-order valence-electron chi connectivity index (χ0n) is 13.7. The first-order chi connectivity index (χ1) is 10.9. The van der Waals surface area contributed by atoms with E-state index in [2.05, 4.69) is 15.8 Å². The van der Waals surface area contributed by atoms with Crippen molar-refractivity contribution >= 4 is 22.5 Å². The number of urea groups is 1. The molecule has 7 heteroatoms. The maximum absolute atomic E-state index is 12.2. The number of nitrogens with one attached hydrogen (secondary N) is 2. The molecule has 6 nitrogen and oxygen atoms in total. The third-order valence-electron chi connectivity index (χ3n) is 3.57. The van der Waals surface area contributed by atoms with Crippen molar-refractivity contribution in [2.24, 2.45) is 0 Å². The van der Waals surface area contributed by atoms with Gasteiger partial charge in [-0.05, 0) is 38.5 Å². The van der Waals surface area contributed by atoms with Crippen molar-refractivity contribution in [3.8, 4) is 0 Å². The average Bonchev–Trinajstić information content (AvgIpc) is 2.84. The van der Waals surface area contributed by atoms with E-state index in [1.165, 1.54) is 0 Å². The second-order valence-corrected chi connectivity index (χ2v) is 6.66. The Hall–Kier alpha value is -2.15. The van der Waals surface area contributed by atoms with Crippen LogP contribution in [-0.4, -0.2) is 21.7 Å². The summed E-state index contributed by atoms with van der Waals surface area (Å²) in [6.45, 7) is 5.67. The molecule has 2 N–H and O–H groups in total. The van der Waals surface area contributed by atoms with Gasteiger partial charge in [-0.15, -0.1) is 0 Å². The summed E-state index contributed by atoms with van der Waals surface area (Å²) >= 11 is 0. The summed E-state index contributed by atoms with van der Waals surface area (Å²) < 4.78 is 16.7. The van der Waals surface area contributed by atoms with Gasteiger partial charge in [-0.25, -0.2) is 4.79 Å². The minimum Gasteiger partial charge on any atom is -0.361 e. The molecule has 0 saturated heterocycles. The first-order valence-corrected chi connectivity index (χ1v) is 8.92. The van der Waals surface area contributed by atoms with E-state index in [0.717, 1.165) is 17.7 Å². The molecule has 0 fully saturated rings. The van der Waals surface area contributed by atoms with E-state index < -0.39 is 10.8 Å². The van der Waals surface area contributed by atoms with Gasteiger partial charge in [0.15, 0.2) is 0 Å². The number of amides is 2. The Morgan fingerprint density at radius 3 is 2.70 bits per heavy atom. The highest BCUT2D eigenvalue weighted by molar-refractivity contribution is 7.84. The summed E-state index contributed by atoms with van der Waals surface area (Å²) in [7, 11) is -1.09. The number of benzene rings is 1. The smallest absolute Gasteiger partial charge is 0.319 e. The molecule has 1 aromatic carbocycles. The van der Waals surface area contributed by atoms with Crippen molar-refractivity contribution < 1.29 is 13.5 Å². The molecule has 0 aliphatic heterocycles. The fraction of sp³-hybridized carbons (Fsp3) is 0.375. The summed E-state index contributed by atoms with van der Waals surface area (Å²) in [5.74, 6) is 0.707. The molecule has 0 aliphatic carbocycles. The maximum Gasteiger partial charge on any atom is 0.319 e. The first-order valence-electron chi connectivity index (χ1n) is 7.36. The topological polar surface area (TPSA) is 84.2 Å². The van der Waals surface area contributed by atoms with E-state index in [4.69, 9.17) is 4.52 Å². The van der Waals surface area contributed by atoms with Gasteiger partial charge in [-0.3, -0.25) is 4.21 Å². The van der Waals surface area contributed by atoms with E-state index >= 15 is 0 Å². The molecule has 124 valence electrons. The normalized spacial score (nSPS) is 13.4. The van der Waals surface area contributed by atoms with Gasteiger partial charge >= 0.3 is 6.03 Å². The summed E-state index contributed by atoms with van der Waals surface area (Å²) in [6, 6.07) is 6.48. The second kappa shape index (κ2) is 7.41. The van der Waals surface area contributed by atoms with Crippen molar-refractivity contribution in [2.45, 2.75) is 38.1 Å². The molecule has 2 aromatic rings. The lowest BCUT2D eigenvalue weighted by molar-refractivity contribution is 0.248. The highest BCUT2D eigenvalue weighted by Gasteiger charge is 2.20. The van der Waals surface area contributed by atoms with Gasteiger partial charge in [-0.2, -0.15) is 0 Å². The van der Waals surface area contributed by atoms with Crippen molar-refractivity contribution in [3.05, 3.63) is 41.3 Å². The summed E-state index contributed by atoms with van der Waals surface area (Å²) in [6.07, 6.45) is 2.32. The lowest BCUT2D eigenvalue weighted by atomic mass is 10.0. The summed E-state index contributed by atoms with van der Waals surface area (Å²) in [4.78, 5) is 12.9. The number of rotatable bonds is 5. The fourth-order valence-corrected chi connectivity index (χ4v) is 3.01. The van der Waals surface area contributed by atoms with Crippen LogP contribution in [-0.2, 0) is 10.8 Å². The van der Waals surface area contributed by atoms with E-state index in [9.17, 15) is 9.00 Å². The van der Waals surface area contributed by atoms with Crippen molar-refractivity contribution in [1.82, 2.24) is 10.5 Å². The van der Waals surface area contributed by atoms with Crippen molar-refractivity contribution in [1.29, 1.82) is 0 Å². The van der Waals surface area contributed by atoms with Gasteiger partial charge in [-0.1, -0.05) is 18.1 Å². The number of nitrogens with zero attached hydrogens (tertiary/aromatic N) is 1. The molecular weight excluding hydrogens is 314 g/mol. The number of hydrogen-bond donors (Lipinski definition) is 2. The SMILES string of the molecule is CCC(NC(=O)Nc1cccc(S(C)=O)c1)c1c(C)noc1C. The third-order valence-corrected chi connectivity index (χ3v) is 4.49. The van der Waals surface area contributed by atoms with Crippen molar-refractivity contribution in [3.63, 3.8) is 0 Å². The molecule has 1 heterocycles. The van der Waals surface area contributed by atoms with Gasteiger partial charge in [0.05, 0.1) is 11.7 Å². The van der Waals surface area contributed by atoms with E-state index in [-0.39, 0.29) is 12.1 Å². The van der Waals surface area contributed by atoms with Crippen LogP contribution >= 0.6 is 0 Å². The number of carbonyl (C=O) groups is 1. The molecule has 2 atom stereocenters.